The van der Waals surface area contributed by atoms with E-state index in [1.807, 2.05) is 55.4 Å². The molecule has 3 N–H and O–H groups in total. The van der Waals surface area contributed by atoms with Crippen LogP contribution in [0.25, 0.3) is 0 Å². The van der Waals surface area contributed by atoms with Crippen LogP contribution in [0.1, 0.15) is 127 Å². The molecular formula is C32H56O7. The quantitative estimate of drug-likeness (QED) is 0.181. The molecule has 0 aromatic heterocycles. The second kappa shape index (κ2) is 13.6. The first-order chi connectivity index (χ1) is 17.9. The highest BCUT2D eigenvalue weighted by Crippen LogP contribution is 2.43. The molecule has 0 amide bonds. The Kier molecular flexibility index (Phi) is 11.8. The smallest absolute Gasteiger partial charge is 0.303 e. The minimum atomic E-state index is -0.993. The molecule has 226 valence electrons. The Morgan fingerprint density at radius 3 is 1.74 bits per heavy atom. The molecule has 0 saturated carbocycles. The van der Waals surface area contributed by atoms with Crippen molar-refractivity contribution in [1.29, 1.82) is 0 Å². The first kappa shape index (κ1) is 34.0. The van der Waals surface area contributed by atoms with Gasteiger partial charge >= 0.3 is 5.97 Å². The lowest BCUT2D eigenvalue weighted by Gasteiger charge is -2.38. The van der Waals surface area contributed by atoms with Gasteiger partial charge in [0.25, 0.3) is 0 Å². The number of hydrogen-bond donors (Lipinski definition) is 3. The van der Waals surface area contributed by atoms with E-state index in [2.05, 4.69) is 12.2 Å². The van der Waals surface area contributed by atoms with E-state index in [0.717, 1.165) is 12.8 Å². The zero-order chi connectivity index (χ0) is 29.6. The molecule has 0 unspecified atom stereocenters. The normalized spacial score (nSPS) is 31.6. The molecule has 2 aliphatic rings. The van der Waals surface area contributed by atoms with Crippen LogP contribution in [0.2, 0.25) is 0 Å². The topological polar surface area (TPSA) is 105 Å². The van der Waals surface area contributed by atoms with Crippen LogP contribution in [-0.4, -0.2) is 68.1 Å². The number of esters is 1. The van der Waals surface area contributed by atoms with Crippen LogP contribution in [0.3, 0.4) is 0 Å². The summed E-state index contributed by atoms with van der Waals surface area (Å²) in [4.78, 5) is 12.0. The van der Waals surface area contributed by atoms with E-state index in [9.17, 15) is 20.1 Å². The summed E-state index contributed by atoms with van der Waals surface area (Å²) in [6, 6.07) is 0. The third-order valence-corrected chi connectivity index (χ3v) is 8.82. The average molecular weight is 553 g/mol. The molecule has 7 nitrogen and oxygen atoms in total. The summed E-state index contributed by atoms with van der Waals surface area (Å²) >= 11 is 0. The molecule has 2 fully saturated rings. The fourth-order valence-electron chi connectivity index (χ4n) is 6.01. The van der Waals surface area contributed by atoms with Gasteiger partial charge in [0, 0.05) is 6.92 Å². The largest absolute Gasteiger partial charge is 0.459 e. The van der Waals surface area contributed by atoms with Gasteiger partial charge in [-0.15, -0.1) is 0 Å². The molecule has 8 atom stereocenters. The number of aliphatic hydroxyl groups excluding tert-OH is 1. The molecule has 0 aromatic carbocycles. The van der Waals surface area contributed by atoms with Crippen LogP contribution < -0.4 is 0 Å². The number of rotatable bonds is 14. The summed E-state index contributed by atoms with van der Waals surface area (Å²) in [6.07, 6.45) is 8.31. The average Bonchev–Trinajstić information content (AvgIpc) is 3.41. The van der Waals surface area contributed by atoms with Gasteiger partial charge in [0.15, 0.2) is 0 Å². The van der Waals surface area contributed by atoms with Gasteiger partial charge in [-0.05, 0) is 120 Å². The van der Waals surface area contributed by atoms with Gasteiger partial charge in [0.1, 0.15) is 11.7 Å². The molecular weight excluding hydrogens is 496 g/mol. The van der Waals surface area contributed by atoms with Crippen molar-refractivity contribution in [3.63, 3.8) is 0 Å². The molecule has 0 bridgehead atoms. The maximum Gasteiger partial charge on any atom is 0.303 e. The van der Waals surface area contributed by atoms with E-state index >= 15 is 0 Å². The summed E-state index contributed by atoms with van der Waals surface area (Å²) in [5.74, 6) is -0.395. The Hall–Kier alpha value is -1.25. The van der Waals surface area contributed by atoms with Gasteiger partial charge in [-0.3, -0.25) is 4.79 Å². The van der Waals surface area contributed by atoms with Crippen molar-refractivity contribution in [3.05, 3.63) is 23.3 Å². The maximum atomic E-state index is 12.0. The van der Waals surface area contributed by atoms with Gasteiger partial charge in [-0.25, -0.2) is 0 Å². The number of allylic oxidation sites excluding steroid dienone is 4. The third-order valence-electron chi connectivity index (χ3n) is 8.82. The summed E-state index contributed by atoms with van der Waals surface area (Å²) in [5.41, 5.74) is -1.08. The van der Waals surface area contributed by atoms with Gasteiger partial charge in [0.2, 0.25) is 0 Å². The monoisotopic (exact) mass is 552 g/mol. The lowest BCUT2D eigenvalue weighted by atomic mass is 9.86. The van der Waals surface area contributed by atoms with Crippen molar-refractivity contribution in [2.75, 3.05) is 0 Å². The van der Waals surface area contributed by atoms with E-state index in [-0.39, 0.29) is 12.2 Å². The van der Waals surface area contributed by atoms with E-state index in [1.54, 1.807) is 0 Å². The third kappa shape index (κ3) is 9.67. The van der Waals surface area contributed by atoms with Gasteiger partial charge in [-0.1, -0.05) is 23.3 Å². The van der Waals surface area contributed by atoms with Crippen LogP contribution in [0.4, 0.5) is 0 Å². The fourth-order valence-corrected chi connectivity index (χ4v) is 6.01. The number of aliphatic hydroxyl groups is 3. The van der Waals surface area contributed by atoms with Gasteiger partial charge in [0.05, 0.1) is 35.1 Å². The molecule has 0 aliphatic carbocycles. The number of carbonyl (C=O) groups is 1. The summed E-state index contributed by atoms with van der Waals surface area (Å²) in [6.45, 7) is 17.0. The maximum absolute atomic E-state index is 12.0. The van der Waals surface area contributed by atoms with E-state index in [0.29, 0.717) is 51.4 Å². The molecule has 0 radical (unpaired) electrons. The van der Waals surface area contributed by atoms with Crippen molar-refractivity contribution in [1.82, 2.24) is 0 Å². The first-order valence-corrected chi connectivity index (χ1v) is 14.8. The van der Waals surface area contributed by atoms with E-state index < -0.39 is 40.6 Å². The minimum Gasteiger partial charge on any atom is -0.459 e. The number of carbonyl (C=O) groups excluding carboxylic acids is 1. The van der Waals surface area contributed by atoms with Gasteiger partial charge < -0.3 is 29.5 Å². The number of ether oxygens (including phenoxy) is 3. The zero-order valence-electron chi connectivity index (χ0n) is 26.0. The van der Waals surface area contributed by atoms with E-state index in [1.165, 1.54) is 18.1 Å². The minimum absolute atomic E-state index is 0.350. The summed E-state index contributed by atoms with van der Waals surface area (Å²) < 4.78 is 18.5. The molecule has 2 heterocycles. The standard InChI is InChI=1S/C32H56O7/c1-22(2)12-10-18-29(6,35)26-16-20-31(8,38-26)25(34)14-15-28(37-24(5)33)32(9)21-17-27(39-32)30(7,36)19-11-13-23(3)4/h12-13,25-28,34-36H,10-11,14-21H2,1-9H3/t25-,26-,27-,28-,29+,30+,31+,32+/m1/s1. The highest BCUT2D eigenvalue weighted by Gasteiger charge is 2.51. The Morgan fingerprint density at radius 1 is 0.872 bits per heavy atom. The zero-order valence-corrected chi connectivity index (χ0v) is 26.0. The predicted molar refractivity (Wildman–Crippen MR) is 154 cm³/mol. The van der Waals surface area contributed by atoms with Crippen molar-refractivity contribution >= 4 is 5.97 Å². The SMILES string of the molecule is CC(=O)O[C@H](CC[C@@H](O)[C@]1(C)CC[C@H]([C@@](C)(O)CCC=C(C)C)O1)[C@]1(C)CC[C@H]([C@@](C)(O)CCC=C(C)C)O1. The van der Waals surface area contributed by atoms with E-state index in [4.69, 9.17) is 14.2 Å². The molecule has 2 rings (SSSR count). The summed E-state index contributed by atoms with van der Waals surface area (Å²) in [7, 11) is 0. The second-order valence-corrected chi connectivity index (χ2v) is 13.5. The van der Waals surface area contributed by atoms with Crippen LogP contribution in [0, 0.1) is 0 Å². The van der Waals surface area contributed by atoms with Crippen molar-refractivity contribution in [2.45, 2.75) is 173 Å². The van der Waals surface area contributed by atoms with Crippen molar-refractivity contribution < 1.29 is 34.3 Å². The highest BCUT2D eigenvalue weighted by atomic mass is 16.6. The first-order valence-electron chi connectivity index (χ1n) is 14.8. The Balaban J connectivity index is 2.02. The van der Waals surface area contributed by atoms with Crippen LogP contribution in [0.15, 0.2) is 23.3 Å². The fraction of sp³-hybridized carbons (Fsp3) is 0.844. The molecule has 2 aliphatic heterocycles. The number of hydrogen-bond acceptors (Lipinski definition) is 7. The van der Waals surface area contributed by atoms with Gasteiger partial charge in [-0.2, -0.15) is 0 Å². The second-order valence-electron chi connectivity index (χ2n) is 13.5. The Bertz CT molecular complexity index is 868. The molecule has 2 saturated heterocycles. The van der Waals surface area contributed by atoms with Crippen LogP contribution in [-0.2, 0) is 19.0 Å². The predicted octanol–water partition coefficient (Wildman–Crippen LogP) is 5.93. The van der Waals surface area contributed by atoms with Crippen molar-refractivity contribution in [3.8, 4) is 0 Å². The molecule has 0 spiro atoms. The molecule has 7 heteroatoms. The lowest BCUT2D eigenvalue weighted by molar-refractivity contribution is -0.187. The summed E-state index contributed by atoms with van der Waals surface area (Å²) in [5, 5.41) is 33.5. The van der Waals surface area contributed by atoms with Crippen molar-refractivity contribution in [2.24, 2.45) is 0 Å². The van der Waals surface area contributed by atoms with Crippen LogP contribution in [0.5, 0.6) is 0 Å². The highest BCUT2D eigenvalue weighted by molar-refractivity contribution is 5.66. The Labute approximate surface area is 237 Å². The molecule has 0 aromatic rings. The van der Waals surface area contributed by atoms with Crippen LogP contribution >= 0.6 is 0 Å². The molecule has 39 heavy (non-hydrogen) atoms. The Morgan fingerprint density at radius 2 is 1.31 bits per heavy atom. The lowest BCUT2D eigenvalue weighted by Crippen LogP contribution is -2.48.